The fourth-order valence-corrected chi connectivity index (χ4v) is 12.2. The minimum atomic E-state index is -3.33. The Morgan fingerprint density at radius 2 is 0.833 bits per heavy atom. The first-order chi connectivity index (χ1) is 17.4. The van der Waals surface area contributed by atoms with Crippen LogP contribution in [0.25, 0.3) is 0 Å². The third-order valence-corrected chi connectivity index (χ3v) is 14.0. The van der Waals surface area contributed by atoms with Gasteiger partial charge in [-0.3, -0.25) is 0 Å². The molecule has 2 saturated heterocycles. The van der Waals surface area contributed by atoms with E-state index in [9.17, 15) is 16.8 Å². The Hall–Kier alpha value is -1.74. The first-order valence-corrected chi connectivity index (χ1v) is 16.5. The van der Waals surface area contributed by atoms with Crippen molar-refractivity contribution in [1.29, 1.82) is 0 Å². The van der Waals surface area contributed by atoms with Crippen molar-refractivity contribution in [2.24, 2.45) is 47.3 Å². The van der Waals surface area contributed by atoms with Crippen molar-refractivity contribution in [3.63, 3.8) is 0 Å². The molecule has 6 nitrogen and oxygen atoms in total. The van der Waals surface area contributed by atoms with Crippen molar-refractivity contribution < 1.29 is 26.3 Å². The molecule has 4 saturated carbocycles. The quantitative estimate of drug-likeness (QED) is 0.491. The summed E-state index contributed by atoms with van der Waals surface area (Å²) in [7, 11) is -6.65. The molecule has 4 aliphatic carbocycles. The van der Waals surface area contributed by atoms with E-state index in [1.807, 2.05) is 12.1 Å². The summed E-state index contributed by atoms with van der Waals surface area (Å²) in [5.74, 6) is 3.60. The molecule has 4 unspecified atom stereocenters. The molecule has 2 heterocycles. The van der Waals surface area contributed by atoms with Crippen LogP contribution in [0.3, 0.4) is 0 Å². The second kappa shape index (κ2) is 7.43. The minimum absolute atomic E-state index is 0.164. The molecule has 6 aliphatic rings. The Labute approximate surface area is 212 Å². The number of ether oxygens (including phenoxy) is 2. The van der Waals surface area contributed by atoms with Crippen LogP contribution in [0.1, 0.15) is 12.8 Å². The van der Waals surface area contributed by atoms with E-state index < -0.39 is 19.7 Å². The molecule has 2 aromatic carbocycles. The van der Waals surface area contributed by atoms with Crippen molar-refractivity contribution in [1.82, 2.24) is 0 Å². The molecule has 12 atom stereocenters. The normalized spacial score (nSPS) is 44.8. The molecule has 8 rings (SSSR count). The Kier molecular flexibility index (Phi) is 4.59. The fraction of sp³-hybridized carbons (Fsp3) is 0.571. The highest BCUT2D eigenvalue weighted by atomic mass is 32.2. The van der Waals surface area contributed by atoms with Crippen molar-refractivity contribution in [3.05, 3.63) is 60.7 Å². The van der Waals surface area contributed by atoms with Gasteiger partial charge in [-0.05, 0) is 84.5 Å². The first-order valence-electron chi connectivity index (χ1n) is 13.2. The third-order valence-electron chi connectivity index (χ3n) is 10.5. The Bertz CT molecular complexity index is 1270. The van der Waals surface area contributed by atoms with Crippen molar-refractivity contribution >= 4 is 19.7 Å². The van der Waals surface area contributed by atoms with Crippen LogP contribution >= 0.6 is 0 Å². The zero-order valence-corrected chi connectivity index (χ0v) is 21.4. The lowest BCUT2D eigenvalue weighted by Crippen LogP contribution is -2.28. The van der Waals surface area contributed by atoms with Crippen LogP contribution in [0.15, 0.2) is 70.5 Å². The van der Waals surface area contributed by atoms with Crippen LogP contribution in [0.4, 0.5) is 0 Å². The summed E-state index contributed by atoms with van der Waals surface area (Å²) in [5, 5.41) is 0. The molecule has 2 aliphatic heterocycles. The molecule has 0 N–H and O–H groups in total. The number of benzene rings is 2. The standard InChI is InChI=1S/C28H30O6S2/c29-35(30,15-7-3-1-4-8-15)13-11-17-19-23-21(27-25(19)33-27)18(22-24(23)20(17)26-28(22)34-26)12-14-36(31,32)16-9-5-2-6-10-16/h1-10,17-28H,11-14H2/t17?,18?,19-,20-,21-,22+,23?,24?,25-,26+,27-,28-/m1/s1. The maximum Gasteiger partial charge on any atom is 0.178 e. The van der Waals surface area contributed by atoms with Gasteiger partial charge >= 0.3 is 0 Å². The molecule has 0 radical (unpaired) electrons. The molecular formula is C28H30O6S2. The number of hydrogen-bond donors (Lipinski definition) is 0. The van der Waals surface area contributed by atoms with Gasteiger partial charge in [-0.15, -0.1) is 0 Å². The highest BCUT2D eigenvalue weighted by Crippen LogP contribution is 2.79. The summed E-state index contributed by atoms with van der Waals surface area (Å²) in [4.78, 5) is 0.801. The average Bonchev–Trinajstić information content (AvgIpc) is 3.71. The molecule has 0 aromatic heterocycles. The second-order valence-corrected chi connectivity index (χ2v) is 16.0. The number of sulfone groups is 2. The van der Waals surface area contributed by atoms with E-state index in [1.54, 1.807) is 48.5 Å². The van der Waals surface area contributed by atoms with Crippen LogP contribution < -0.4 is 0 Å². The van der Waals surface area contributed by atoms with Crippen molar-refractivity contribution in [2.75, 3.05) is 11.5 Å². The molecule has 0 amide bonds. The number of epoxide rings is 2. The maximum atomic E-state index is 13.1. The summed E-state index contributed by atoms with van der Waals surface area (Å²) in [6, 6.07) is 17.5. The van der Waals surface area contributed by atoms with Crippen LogP contribution in [-0.4, -0.2) is 52.8 Å². The first kappa shape index (κ1) is 22.3. The third kappa shape index (κ3) is 3.01. The second-order valence-electron chi connectivity index (χ2n) is 11.8. The van der Waals surface area contributed by atoms with E-state index >= 15 is 0 Å². The lowest BCUT2D eigenvalue weighted by atomic mass is 9.81. The molecule has 2 aromatic rings. The highest BCUT2D eigenvalue weighted by Gasteiger charge is 2.83. The minimum Gasteiger partial charge on any atom is -0.369 e. The average molecular weight is 527 g/mol. The van der Waals surface area contributed by atoms with Gasteiger partial charge in [0.15, 0.2) is 19.7 Å². The number of rotatable bonds is 8. The van der Waals surface area contributed by atoms with Gasteiger partial charge in [0.1, 0.15) is 0 Å². The summed E-state index contributed by atoms with van der Waals surface area (Å²) in [6.45, 7) is 0. The monoisotopic (exact) mass is 526 g/mol. The van der Waals surface area contributed by atoms with Gasteiger partial charge in [0.2, 0.25) is 0 Å². The van der Waals surface area contributed by atoms with Crippen LogP contribution in [0.5, 0.6) is 0 Å². The maximum absolute atomic E-state index is 13.1. The van der Waals surface area contributed by atoms with Crippen LogP contribution in [-0.2, 0) is 29.1 Å². The lowest BCUT2D eigenvalue weighted by Gasteiger charge is -2.28. The molecular weight excluding hydrogens is 496 g/mol. The molecule has 36 heavy (non-hydrogen) atoms. The summed E-state index contributed by atoms with van der Waals surface area (Å²) in [5.41, 5.74) is 0. The largest absolute Gasteiger partial charge is 0.369 e. The van der Waals surface area contributed by atoms with E-state index in [0.29, 0.717) is 70.0 Å². The smallest absolute Gasteiger partial charge is 0.178 e. The summed E-state index contributed by atoms with van der Waals surface area (Å²) < 4.78 is 64.7. The van der Waals surface area contributed by atoms with Gasteiger partial charge in [-0.25, -0.2) is 16.8 Å². The molecule has 6 fully saturated rings. The van der Waals surface area contributed by atoms with E-state index in [2.05, 4.69) is 0 Å². The van der Waals surface area contributed by atoms with E-state index in [-0.39, 0.29) is 35.9 Å². The topological polar surface area (TPSA) is 93.3 Å². The fourth-order valence-electron chi connectivity index (χ4n) is 9.40. The zero-order chi connectivity index (χ0) is 24.4. The van der Waals surface area contributed by atoms with E-state index in [4.69, 9.17) is 9.47 Å². The predicted octanol–water partition coefficient (Wildman–Crippen LogP) is 3.23. The predicted molar refractivity (Wildman–Crippen MR) is 131 cm³/mol. The van der Waals surface area contributed by atoms with Gasteiger partial charge in [-0.1, -0.05) is 36.4 Å². The summed E-state index contributed by atoms with van der Waals surface area (Å²) >= 11 is 0. The molecule has 0 bridgehead atoms. The van der Waals surface area contributed by atoms with Gasteiger partial charge in [0.05, 0.1) is 45.7 Å². The summed E-state index contributed by atoms with van der Waals surface area (Å²) in [6.07, 6.45) is 2.21. The molecule has 0 spiro atoms. The lowest BCUT2D eigenvalue weighted by molar-refractivity contribution is 0.106. The Morgan fingerprint density at radius 3 is 1.17 bits per heavy atom. The number of fused-ring (bicyclic) bond motifs is 6. The van der Waals surface area contributed by atoms with Crippen molar-refractivity contribution in [2.45, 2.75) is 47.0 Å². The van der Waals surface area contributed by atoms with Crippen molar-refractivity contribution in [3.8, 4) is 0 Å². The zero-order valence-electron chi connectivity index (χ0n) is 19.8. The van der Waals surface area contributed by atoms with Gasteiger partial charge < -0.3 is 9.47 Å². The van der Waals surface area contributed by atoms with E-state index in [1.165, 1.54) is 0 Å². The van der Waals surface area contributed by atoms with Crippen LogP contribution in [0, 0.1) is 47.3 Å². The molecule has 8 heteroatoms. The van der Waals surface area contributed by atoms with Gasteiger partial charge in [0, 0.05) is 0 Å². The molecule has 190 valence electrons. The Balaban J connectivity index is 1.04. The highest BCUT2D eigenvalue weighted by molar-refractivity contribution is 7.91. The number of hydrogen-bond acceptors (Lipinski definition) is 6. The van der Waals surface area contributed by atoms with Crippen LogP contribution in [0.2, 0.25) is 0 Å². The van der Waals surface area contributed by atoms with E-state index in [0.717, 1.165) is 0 Å². The SMILES string of the molecule is O=S(=O)(CCC1[C@@H]2C3C4[C@H]1[C@H]1O[C@H]1[C@@H]4C(CCS(=O)(=O)c1ccccc1)[C@H]3[C@H]1O[C@H]21)c1ccccc1. The van der Waals surface area contributed by atoms with Gasteiger partial charge in [0.25, 0.3) is 0 Å². The Morgan fingerprint density at radius 1 is 0.500 bits per heavy atom. The van der Waals surface area contributed by atoms with Gasteiger partial charge in [-0.2, -0.15) is 0 Å².